The van der Waals surface area contributed by atoms with Gasteiger partial charge in [0, 0.05) is 13.1 Å². The predicted molar refractivity (Wildman–Crippen MR) is 83.3 cm³/mol. The van der Waals surface area contributed by atoms with Gasteiger partial charge in [-0.15, -0.1) is 11.3 Å². The zero-order valence-electron chi connectivity index (χ0n) is 12.2. The molecule has 0 aromatic carbocycles. The Labute approximate surface area is 129 Å². The molecule has 1 aromatic heterocycles. The summed E-state index contributed by atoms with van der Waals surface area (Å²) in [6.45, 7) is 1.86. The van der Waals surface area contributed by atoms with Crippen molar-refractivity contribution in [3.05, 3.63) is 22.4 Å². The second-order valence-corrected chi connectivity index (χ2v) is 7.04. The molecule has 3 rings (SSSR count). The largest absolute Gasteiger partial charge is 0.342 e. The van der Waals surface area contributed by atoms with Crippen molar-refractivity contribution in [3.63, 3.8) is 0 Å². The highest BCUT2D eigenvalue weighted by Gasteiger charge is 2.32. The Morgan fingerprint density at radius 1 is 1.24 bits per heavy atom. The highest BCUT2D eigenvalue weighted by Crippen LogP contribution is 2.35. The van der Waals surface area contributed by atoms with Crippen LogP contribution in [0, 0.1) is 11.8 Å². The number of piperidine rings is 1. The van der Waals surface area contributed by atoms with Gasteiger partial charge in [-0.1, -0.05) is 25.3 Å². The topological polar surface area (TPSA) is 49.4 Å². The van der Waals surface area contributed by atoms with Crippen LogP contribution in [0.25, 0.3) is 0 Å². The number of hydrogen-bond donors (Lipinski definition) is 1. The standard InChI is InChI=1S/C16H22N2O2S/c19-15(10-17-16(20)14-6-3-9-21-14)18-8-7-12-4-1-2-5-13(12)11-18/h3,6,9,12-13H,1-2,4-5,7-8,10-11H2,(H,17,20)/t12-,13+/m1/s1. The summed E-state index contributed by atoms with van der Waals surface area (Å²) in [6.07, 6.45) is 6.39. The molecule has 2 aliphatic rings. The molecule has 0 bridgehead atoms. The van der Waals surface area contributed by atoms with Crippen molar-refractivity contribution in [1.29, 1.82) is 0 Å². The summed E-state index contributed by atoms with van der Waals surface area (Å²) in [6, 6.07) is 3.62. The lowest BCUT2D eigenvalue weighted by Gasteiger charge is -2.41. The number of thiophene rings is 1. The van der Waals surface area contributed by atoms with E-state index in [9.17, 15) is 9.59 Å². The first-order valence-electron chi connectivity index (χ1n) is 7.83. The molecule has 1 aliphatic carbocycles. The molecule has 2 amide bonds. The molecule has 1 aliphatic heterocycles. The minimum atomic E-state index is -0.147. The predicted octanol–water partition coefficient (Wildman–Crippen LogP) is 2.52. The van der Waals surface area contributed by atoms with Crippen LogP contribution >= 0.6 is 11.3 Å². The van der Waals surface area contributed by atoms with Gasteiger partial charge in [0.15, 0.2) is 0 Å². The van der Waals surface area contributed by atoms with E-state index in [1.165, 1.54) is 37.0 Å². The van der Waals surface area contributed by atoms with Gasteiger partial charge in [-0.2, -0.15) is 0 Å². The highest BCUT2D eigenvalue weighted by atomic mass is 32.1. The number of carbonyl (C=O) groups is 2. The van der Waals surface area contributed by atoms with Crippen molar-refractivity contribution in [2.24, 2.45) is 11.8 Å². The normalized spacial score (nSPS) is 25.2. The van der Waals surface area contributed by atoms with Gasteiger partial charge in [0.2, 0.25) is 5.91 Å². The zero-order chi connectivity index (χ0) is 14.7. The molecule has 1 saturated carbocycles. The maximum absolute atomic E-state index is 12.3. The van der Waals surface area contributed by atoms with E-state index in [2.05, 4.69) is 5.32 Å². The first-order valence-corrected chi connectivity index (χ1v) is 8.71. The van der Waals surface area contributed by atoms with E-state index in [4.69, 9.17) is 0 Å². The van der Waals surface area contributed by atoms with Crippen molar-refractivity contribution < 1.29 is 9.59 Å². The van der Waals surface area contributed by atoms with Gasteiger partial charge in [0.05, 0.1) is 11.4 Å². The van der Waals surface area contributed by atoms with E-state index in [0.29, 0.717) is 10.8 Å². The van der Waals surface area contributed by atoms with E-state index in [-0.39, 0.29) is 18.4 Å². The van der Waals surface area contributed by atoms with Crippen molar-refractivity contribution in [1.82, 2.24) is 10.2 Å². The zero-order valence-corrected chi connectivity index (χ0v) is 13.0. The van der Waals surface area contributed by atoms with Gasteiger partial charge in [0.25, 0.3) is 5.91 Å². The molecular formula is C16H22N2O2S. The number of carbonyl (C=O) groups excluding carboxylic acids is 2. The molecule has 5 heteroatoms. The lowest BCUT2D eigenvalue weighted by Crippen LogP contribution is -2.48. The minimum Gasteiger partial charge on any atom is -0.342 e. The van der Waals surface area contributed by atoms with Gasteiger partial charge in [-0.3, -0.25) is 9.59 Å². The lowest BCUT2D eigenvalue weighted by atomic mass is 9.75. The fraction of sp³-hybridized carbons (Fsp3) is 0.625. The van der Waals surface area contributed by atoms with Gasteiger partial charge < -0.3 is 10.2 Å². The van der Waals surface area contributed by atoms with E-state index in [0.717, 1.165) is 25.4 Å². The monoisotopic (exact) mass is 306 g/mol. The van der Waals surface area contributed by atoms with Gasteiger partial charge in [-0.05, 0) is 36.1 Å². The Kier molecular flexibility index (Phi) is 4.58. The number of amides is 2. The van der Waals surface area contributed by atoms with Crippen LogP contribution in [0.3, 0.4) is 0 Å². The lowest BCUT2D eigenvalue weighted by molar-refractivity contribution is -0.133. The van der Waals surface area contributed by atoms with Crippen LogP contribution in [-0.4, -0.2) is 36.3 Å². The molecule has 4 nitrogen and oxygen atoms in total. The molecule has 0 unspecified atom stereocenters. The van der Waals surface area contributed by atoms with E-state index >= 15 is 0 Å². The maximum atomic E-state index is 12.3. The Hall–Kier alpha value is -1.36. The third-order valence-electron chi connectivity index (χ3n) is 4.79. The number of nitrogens with one attached hydrogen (secondary N) is 1. The summed E-state index contributed by atoms with van der Waals surface area (Å²) in [5.41, 5.74) is 0. The summed E-state index contributed by atoms with van der Waals surface area (Å²) >= 11 is 1.40. The fourth-order valence-corrected chi connectivity index (χ4v) is 4.23. The van der Waals surface area contributed by atoms with Crippen LogP contribution in [0.5, 0.6) is 0 Å². The second-order valence-electron chi connectivity index (χ2n) is 6.09. The molecule has 1 aromatic rings. The Bertz CT molecular complexity index is 500. The summed E-state index contributed by atoms with van der Waals surface area (Å²) in [5, 5.41) is 4.60. The van der Waals surface area contributed by atoms with E-state index in [1.54, 1.807) is 6.07 Å². The smallest absolute Gasteiger partial charge is 0.261 e. The molecule has 1 saturated heterocycles. The number of likely N-dealkylation sites (tertiary alicyclic amines) is 1. The van der Waals surface area contributed by atoms with Gasteiger partial charge >= 0.3 is 0 Å². The third kappa shape index (κ3) is 3.46. The average molecular weight is 306 g/mol. The fourth-order valence-electron chi connectivity index (χ4n) is 3.59. The molecule has 2 heterocycles. The third-order valence-corrected chi connectivity index (χ3v) is 5.66. The number of hydrogen-bond acceptors (Lipinski definition) is 3. The summed E-state index contributed by atoms with van der Waals surface area (Å²) in [7, 11) is 0. The average Bonchev–Trinajstić information content (AvgIpc) is 3.06. The Morgan fingerprint density at radius 2 is 2.05 bits per heavy atom. The van der Waals surface area contributed by atoms with Crippen molar-refractivity contribution in [2.75, 3.05) is 19.6 Å². The van der Waals surface area contributed by atoms with Crippen molar-refractivity contribution in [2.45, 2.75) is 32.1 Å². The van der Waals surface area contributed by atoms with E-state index in [1.807, 2.05) is 16.3 Å². The Balaban J connectivity index is 1.48. The summed E-state index contributed by atoms with van der Waals surface area (Å²) < 4.78 is 0. The first-order chi connectivity index (χ1) is 10.2. The molecule has 0 radical (unpaired) electrons. The number of fused-ring (bicyclic) bond motifs is 1. The SMILES string of the molecule is O=C(NCC(=O)N1CC[C@H]2CCCC[C@H]2C1)c1cccs1. The van der Waals surface area contributed by atoms with Crippen LogP contribution < -0.4 is 5.32 Å². The van der Waals surface area contributed by atoms with Crippen LogP contribution in [0.4, 0.5) is 0 Å². The molecule has 0 spiro atoms. The van der Waals surface area contributed by atoms with Crippen molar-refractivity contribution in [3.8, 4) is 0 Å². The number of nitrogens with zero attached hydrogens (tertiary/aromatic N) is 1. The Morgan fingerprint density at radius 3 is 2.81 bits per heavy atom. The van der Waals surface area contributed by atoms with Gasteiger partial charge in [0.1, 0.15) is 0 Å². The van der Waals surface area contributed by atoms with Gasteiger partial charge in [-0.25, -0.2) is 0 Å². The van der Waals surface area contributed by atoms with Crippen LogP contribution in [0.1, 0.15) is 41.8 Å². The molecule has 1 N–H and O–H groups in total. The molecule has 21 heavy (non-hydrogen) atoms. The van der Waals surface area contributed by atoms with E-state index < -0.39 is 0 Å². The molecular weight excluding hydrogens is 284 g/mol. The molecule has 2 fully saturated rings. The van der Waals surface area contributed by atoms with Crippen LogP contribution in [0.15, 0.2) is 17.5 Å². The molecule has 2 atom stereocenters. The summed E-state index contributed by atoms with van der Waals surface area (Å²) in [5.74, 6) is 1.42. The van der Waals surface area contributed by atoms with Crippen LogP contribution in [0.2, 0.25) is 0 Å². The van der Waals surface area contributed by atoms with Crippen molar-refractivity contribution >= 4 is 23.2 Å². The maximum Gasteiger partial charge on any atom is 0.261 e. The minimum absolute atomic E-state index is 0.0592. The summed E-state index contributed by atoms with van der Waals surface area (Å²) in [4.78, 5) is 26.7. The van der Waals surface area contributed by atoms with Crippen LogP contribution in [-0.2, 0) is 4.79 Å². The number of rotatable bonds is 3. The highest BCUT2D eigenvalue weighted by molar-refractivity contribution is 7.12. The second kappa shape index (κ2) is 6.60. The first kappa shape index (κ1) is 14.6. The quantitative estimate of drug-likeness (QED) is 0.933. The molecule has 114 valence electrons.